The van der Waals surface area contributed by atoms with Gasteiger partial charge in [-0.3, -0.25) is 9.59 Å². The Bertz CT molecular complexity index is 1270. The number of amides is 2. The van der Waals surface area contributed by atoms with E-state index in [-0.39, 0.29) is 28.2 Å². The Hall–Kier alpha value is -3.45. The highest BCUT2D eigenvalue weighted by molar-refractivity contribution is 6.33. The summed E-state index contributed by atoms with van der Waals surface area (Å²) >= 11 is 6.11. The number of carbonyl (C=O) groups excluding carboxylic acids is 2. The Labute approximate surface area is 220 Å². The van der Waals surface area contributed by atoms with Crippen molar-refractivity contribution in [3.63, 3.8) is 0 Å². The highest BCUT2D eigenvalue weighted by Crippen LogP contribution is 2.35. The van der Waals surface area contributed by atoms with Crippen LogP contribution in [-0.2, 0) is 6.42 Å². The topological polar surface area (TPSA) is 52.7 Å². The molecule has 2 aliphatic heterocycles. The maximum absolute atomic E-state index is 14.2. The zero-order chi connectivity index (χ0) is 25.9. The average molecular weight is 524 g/mol. The van der Waals surface area contributed by atoms with Crippen LogP contribution in [0.1, 0.15) is 32.7 Å². The lowest BCUT2D eigenvalue weighted by molar-refractivity contribution is 0.0777. The minimum absolute atomic E-state index is 0.0393. The van der Waals surface area contributed by atoms with E-state index in [0.717, 1.165) is 31.6 Å². The molecule has 2 fully saturated rings. The Kier molecular flexibility index (Phi) is 7.42. The van der Waals surface area contributed by atoms with Crippen LogP contribution in [0.15, 0.2) is 66.7 Å². The highest BCUT2D eigenvalue weighted by Gasteiger charge is 2.42. The summed E-state index contributed by atoms with van der Waals surface area (Å²) in [6.45, 7) is 3.41. The van der Waals surface area contributed by atoms with Gasteiger partial charge < -0.3 is 15.1 Å². The fourth-order valence-corrected chi connectivity index (χ4v) is 5.58. The molecule has 8 heteroatoms. The van der Waals surface area contributed by atoms with Crippen LogP contribution >= 0.6 is 11.6 Å². The second-order valence-corrected chi connectivity index (χ2v) is 10.2. The van der Waals surface area contributed by atoms with Crippen LogP contribution in [0.3, 0.4) is 0 Å². The molecule has 5 rings (SSSR count). The monoisotopic (exact) mass is 523 g/mol. The van der Waals surface area contributed by atoms with Gasteiger partial charge in [0.25, 0.3) is 11.8 Å². The molecule has 1 N–H and O–H groups in total. The predicted molar refractivity (Wildman–Crippen MR) is 140 cm³/mol. The summed E-state index contributed by atoms with van der Waals surface area (Å²) in [5.41, 5.74) is 2.75. The molecule has 0 aliphatic carbocycles. The molecule has 2 aliphatic rings. The fourth-order valence-electron chi connectivity index (χ4n) is 5.34. The van der Waals surface area contributed by atoms with Crippen LogP contribution in [-0.4, -0.2) is 49.4 Å². The summed E-state index contributed by atoms with van der Waals surface area (Å²) in [7, 11) is 0. The maximum atomic E-state index is 14.2. The van der Waals surface area contributed by atoms with Gasteiger partial charge in [0.05, 0.1) is 10.6 Å². The maximum Gasteiger partial charge on any atom is 0.258 e. The molecule has 0 bridgehead atoms. The van der Waals surface area contributed by atoms with Crippen LogP contribution in [0.4, 0.5) is 14.5 Å². The SMILES string of the molecule is O=C(NCCCc1cccc(N2CC3CN(C(=O)c4c(F)cccc4Cl)CC3C2)c1)c1ccc(F)cc1. The van der Waals surface area contributed by atoms with Gasteiger partial charge in [-0.2, -0.15) is 0 Å². The smallest absolute Gasteiger partial charge is 0.258 e. The molecule has 0 aromatic heterocycles. The predicted octanol–water partition coefficient (Wildman–Crippen LogP) is 5.19. The first-order valence-corrected chi connectivity index (χ1v) is 12.9. The van der Waals surface area contributed by atoms with Gasteiger partial charge in [-0.15, -0.1) is 0 Å². The van der Waals surface area contributed by atoms with Gasteiger partial charge in [0.2, 0.25) is 0 Å². The van der Waals surface area contributed by atoms with Crippen molar-refractivity contribution in [1.82, 2.24) is 10.2 Å². The molecule has 0 radical (unpaired) electrons. The van der Waals surface area contributed by atoms with Crippen LogP contribution < -0.4 is 10.2 Å². The van der Waals surface area contributed by atoms with E-state index in [1.807, 2.05) is 6.07 Å². The van der Waals surface area contributed by atoms with E-state index in [0.29, 0.717) is 37.0 Å². The molecule has 3 aromatic carbocycles. The van der Waals surface area contributed by atoms with E-state index in [2.05, 4.69) is 28.4 Å². The summed E-state index contributed by atoms with van der Waals surface area (Å²) in [6, 6.07) is 18.2. The van der Waals surface area contributed by atoms with E-state index < -0.39 is 5.82 Å². The first-order valence-electron chi connectivity index (χ1n) is 12.5. The number of anilines is 1. The molecule has 0 saturated carbocycles. The van der Waals surface area contributed by atoms with Crippen molar-refractivity contribution in [2.45, 2.75) is 12.8 Å². The number of carbonyl (C=O) groups is 2. The van der Waals surface area contributed by atoms with Gasteiger partial charge in [0, 0.05) is 55.8 Å². The standard InChI is InChI=1S/C29H28ClF2N3O2/c30-25-7-2-8-26(32)27(25)29(37)35-17-21-15-34(16-22(21)18-35)24-6-1-4-19(14-24)5-3-13-33-28(36)20-9-11-23(31)12-10-20/h1-2,4,6-12,14,21-22H,3,5,13,15-18H2,(H,33,36). The second-order valence-electron chi connectivity index (χ2n) is 9.77. The molecule has 3 aromatic rings. The largest absolute Gasteiger partial charge is 0.371 e. The summed E-state index contributed by atoms with van der Waals surface area (Å²) in [4.78, 5) is 29.2. The Balaban J connectivity index is 1.12. The lowest BCUT2D eigenvalue weighted by atomic mass is 10.0. The molecular weight excluding hydrogens is 496 g/mol. The van der Waals surface area contributed by atoms with Gasteiger partial charge in [-0.05, 0) is 66.9 Å². The van der Waals surface area contributed by atoms with Crippen LogP contribution in [0.5, 0.6) is 0 Å². The van der Waals surface area contributed by atoms with E-state index in [1.54, 1.807) is 11.0 Å². The third kappa shape index (κ3) is 5.62. The Morgan fingerprint density at radius 2 is 1.62 bits per heavy atom. The summed E-state index contributed by atoms with van der Waals surface area (Å²) in [5, 5.41) is 3.03. The van der Waals surface area contributed by atoms with Crippen molar-refractivity contribution in [1.29, 1.82) is 0 Å². The molecular formula is C29H28ClF2N3O2. The van der Waals surface area contributed by atoms with Crippen molar-refractivity contribution in [2.24, 2.45) is 11.8 Å². The van der Waals surface area contributed by atoms with Crippen molar-refractivity contribution in [3.8, 4) is 0 Å². The quantitative estimate of drug-likeness (QED) is 0.434. The van der Waals surface area contributed by atoms with Gasteiger partial charge in [-0.1, -0.05) is 29.8 Å². The molecule has 2 saturated heterocycles. The Morgan fingerprint density at radius 1 is 0.919 bits per heavy atom. The van der Waals surface area contributed by atoms with Crippen molar-refractivity contribution in [3.05, 3.63) is 100 Å². The average Bonchev–Trinajstić information content (AvgIpc) is 3.47. The fraction of sp³-hybridized carbons (Fsp3) is 0.310. The number of halogens is 3. The normalized spacial score (nSPS) is 18.7. The number of fused-ring (bicyclic) bond motifs is 1. The zero-order valence-electron chi connectivity index (χ0n) is 20.3. The van der Waals surface area contributed by atoms with Gasteiger partial charge in [0.1, 0.15) is 11.6 Å². The first kappa shape index (κ1) is 25.2. The first-order chi connectivity index (χ1) is 17.9. The number of hydrogen-bond donors (Lipinski definition) is 1. The highest BCUT2D eigenvalue weighted by atomic mass is 35.5. The third-order valence-electron chi connectivity index (χ3n) is 7.26. The van der Waals surface area contributed by atoms with Crippen molar-refractivity contribution >= 4 is 29.1 Å². The summed E-state index contributed by atoms with van der Waals surface area (Å²) in [6.07, 6.45) is 1.61. The van der Waals surface area contributed by atoms with Crippen molar-refractivity contribution < 1.29 is 18.4 Å². The lowest BCUT2D eigenvalue weighted by Crippen LogP contribution is -2.34. The zero-order valence-corrected chi connectivity index (χ0v) is 21.1. The van der Waals surface area contributed by atoms with Crippen LogP contribution in [0.2, 0.25) is 5.02 Å². The molecule has 2 amide bonds. The number of rotatable bonds is 7. The van der Waals surface area contributed by atoms with Crippen LogP contribution in [0.25, 0.3) is 0 Å². The minimum Gasteiger partial charge on any atom is -0.371 e. The molecule has 192 valence electrons. The van der Waals surface area contributed by atoms with Crippen LogP contribution in [0, 0.1) is 23.5 Å². The number of nitrogens with one attached hydrogen (secondary N) is 1. The molecule has 37 heavy (non-hydrogen) atoms. The number of hydrogen-bond acceptors (Lipinski definition) is 3. The van der Waals surface area contributed by atoms with Gasteiger partial charge in [-0.25, -0.2) is 8.78 Å². The minimum atomic E-state index is -0.581. The Morgan fingerprint density at radius 3 is 2.32 bits per heavy atom. The van der Waals surface area contributed by atoms with E-state index in [1.165, 1.54) is 42.0 Å². The summed E-state index contributed by atoms with van der Waals surface area (Å²) < 4.78 is 27.3. The molecule has 2 unspecified atom stereocenters. The van der Waals surface area contributed by atoms with Gasteiger partial charge >= 0.3 is 0 Å². The summed E-state index contributed by atoms with van der Waals surface area (Å²) in [5.74, 6) is -0.821. The van der Waals surface area contributed by atoms with Crippen molar-refractivity contribution in [2.75, 3.05) is 37.6 Å². The number of aryl methyl sites for hydroxylation is 1. The van der Waals surface area contributed by atoms with E-state index in [9.17, 15) is 18.4 Å². The van der Waals surface area contributed by atoms with Gasteiger partial charge in [0.15, 0.2) is 0 Å². The van der Waals surface area contributed by atoms with E-state index in [4.69, 9.17) is 11.6 Å². The molecule has 2 atom stereocenters. The molecule has 5 nitrogen and oxygen atoms in total. The van der Waals surface area contributed by atoms with E-state index >= 15 is 0 Å². The number of nitrogens with zero attached hydrogens (tertiary/aromatic N) is 2. The number of benzene rings is 3. The molecule has 0 spiro atoms. The third-order valence-corrected chi connectivity index (χ3v) is 7.57. The lowest BCUT2D eigenvalue weighted by Gasteiger charge is -2.24. The second kappa shape index (κ2) is 10.9. The number of likely N-dealkylation sites (tertiary alicyclic amines) is 1. The molecule has 2 heterocycles.